The number of halogens is 1. The number of furan rings is 1. The van der Waals surface area contributed by atoms with Gasteiger partial charge in [-0.25, -0.2) is 4.98 Å². The molecule has 2 aromatic heterocycles. The monoisotopic (exact) mass is 339 g/mol. The number of nitrogens with zero attached hydrogens (tertiary/aromatic N) is 2. The summed E-state index contributed by atoms with van der Waals surface area (Å²) < 4.78 is 6.32. The molecule has 1 aromatic carbocycles. The van der Waals surface area contributed by atoms with Crippen molar-refractivity contribution in [2.75, 3.05) is 5.73 Å². The lowest BCUT2D eigenvalue weighted by molar-refractivity contribution is 0.580. The average Bonchev–Trinajstić information content (AvgIpc) is 3.01. The van der Waals surface area contributed by atoms with E-state index in [0.717, 1.165) is 15.6 Å². The molecule has 5 heteroatoms. The topological polar surface area (TPSA) is 75.8 Å². The number of nitrogens with two attached hydrogens (primary N) is 1. The first-order valence-electron chi connectivity index (χ1n) is 6.19. The molecule has 0 atom stereocenters. The van der Waals surface area contributed by atoms with Gasteiger partial charge in [0, 0.05) is 10.0 Å². The van der Waals surface area contributed by atoms with Gasteiger partial charge in [-0.15, -0.1) is 0 Å². The molecule has 0 aliphatic heterocycles. The van der Waals surface area contributed by atoms with E-state index in [9.17, 15) is 5.26 Å². The minimum absolute atomic E-state index is 0.198. The third kappa shape index (κ3) is 2.54. The first-order valence-corrected chi connectivity index (χ1v) is 6.99. The molecule has 0 unspecified atom stereocenters. The fourth-order valence-electron chi connectivity index (χ4n) is 2.09. The first kappa shape index (κ1) is 13.4. The van der Waals surface area contributed by atoms with E-state index in [4.69, 9.17) is 10.2 Å². The van der Waals surface area contributed by atoms with Crippen molar-refractivity contribution in [1.29, 1.82) is 5.26 Å². The molecule has 0 spiro atoms. The first-order chi connectivity index (χ1) is 10.2. The molecule has 3 aromatic rings. The molecule has 102 valence electrons. The van der Waals surface area contributed by atoms with Crippen LogP contribution in [0.4, 0.5) is 5.82 Å². The molecule has 0 fully saturated rings. The Morgan fingerprint density at radius 1 is 1.19 bits per heavy atom. The second kappa shape index (κ2) is 5.43. The Balaban J connectivity index is 2.22. The Morgan fingerprint density at radius 3 is 2.57 bits per heavy atom. The van der Waals surface area contributed by atoms with Crippen LogP contribution in [0.15, 0.2) is 57.6 Å². The van der Waals surface area contributed by atoms with Gasteiger partial charge in [0.2, 0.25) is 0 Å². The number of benzene rings is 1. The maximum atomic E-state index is 9.33. The highest BCUT2D eigenvalue weighted by Crippen LogP contribution is 2.31. The Morgan fingerprint density at radius 2 is 1.95 bits per heavy atom. The predicted octanol–water partition coefficient (Wildman–Crippen LogP) is 4.22. The minimum Gasteiger partial charge on any atom is -0.463 e. The molecular weight excluding hydrogens is 330 g/mol. The van der Waals surface area contributed by atoms with Crippen LogP contribution < -0.4 is 5.73 Å². The number of hydrogen-bond donors (Lipinski definition) is 1. The van der Waals surface area contributed by atoms with Crippen molar-refractivity contribution < 1.29 is 4.42 Å². The van der Waals surface area contributed by atoms with Crippen LogP contribution in [0.2, 0.25) is 0 Å². The van der Waals surface area contributed by atoms with Crippen LogP contribution in [0, 0.1) is 11.3 Å². The van der Waals surface area contributed by atoms with Gasteiger partial charge in [-0.1, -0.05) is 28.1 Å². The maximum absolute atomic E-state index is 9.33. The molecule has 21 heavy (non-hydrogen) atoms. The van der Waals surface area contributed by atoms with Crippen molar-refractivity contribution in [3.63, 3.8) is 0 Å². The zero-order chi connectivity index (χ0) is 14.8. The van der Waals surface area contributed by atoms with Gasteiger partial charge < -0.3 is 10.2 Å². The molecule has 3 rings (SSSR count). The van der Waals surface area contributed by atoms with Gasteiger partial charge in [0.1, 0.15) is 23.1 Å². The van der Waals surface area contributed by atoms with E-state index in [1.165, 1.54) is 0 Å². The lowest BCUT2D eigenvalue weighted by Crippen LogP contribution is -1.99. The quantitative estimate of drug-likeness (QED) is 0.758. The van der Waals surface area contributed by atoms with Gasteiger partial charge in [-0.3, -0.25) is 0 Å². The summed E-state index contributed by atoms with van der Waals surface area (Å²) in [6, 6.07) is 15.2. The molecule has 0 amide bonds. The van der Waals surface area contributed by atoms with E-state index >= 15 is 0 Å². The van der Waals surface area contributed by atoms with Gasteiger partial charge in [-0.05, 0) is 35.9 Å². The Labute approximate surface area is 130 Å². The zero-order valence-electron chi connectivity index (χ0n) is 10.9. The highest BCUT2D eigenvalue weighted by Gasteiger charge is 2.14. The lowest BCUT2D eigenvalue weighted by atomic mass is 10.00. The van der Waals surface area contributed by atoms with E-state index in [-0.39, 0.29) is 5.82 Å². The third-order valence-electron chi connectivity index (χ3n) is 3.09. The summed E-state index contributed by atoms with van der Waals surface area (Å²) in [6.07, 6.45) is 1.57. The van der Waals surface area contributed by atoms with E-state index in [2.05, 4.69) is 27.0 Å². The van der Waals surface area contributed by atoms with Crippen molar-refractivity contribution in [3.8, 4) is 28.7 Å². The van der Waals surface area contributed by atoms with Crippen LogP contribution in [-0.2, 0) is 0 Å². The van der Waals surface area contributed by atoms with Gasteiger partial charge in [-0.2, -0.15) is 5.26 Å². The van der Waals surface area contributed by atoms with Crippen molar-refractivity contribution >= 4 is 21.7 Å². The molecule has 2 heterocycles. The molecule has 0 aliphatic carbocycles. The smallest absolute Gasteiger partial charge is 0.152 e. The Kier molecular flexibility index (Phi) is 3.46. The fraction of sp³-hybridized carbons (Fsp3) is 0. The van der Waals surface area contributed by atoms with E-state index < -0.39 is 0 Å². The Bertz CT molecular complexity index is 818. The van der Waals surface area contributed by atoms with Gasteiger partial charge >= 0.3 is 0 Å². The maximum Gasteiger partial charge on any atom is 0.152 e. The molecular formula is C16H10BrN3O. The highest BCUT2D eigenvalue weighted by molar-refractivity contribution is 9.10. The number of hydrogen-bond acceptors (Lipinski definition) is 4. The normalized spacial score (nSPS) is 10.3. The summed E-state index contributed by atoms with van der Waals surface area (Å²) in [5.41, 5.74) is 8.54. The summed E-state index contributed by atoms with van der Waals surface area (Å²) in [4.78, 5) is 4.24. The summed E-state index contributed by atoms with van der Waals surface area (Å²) >= 11 is 3.40. The van der Waals surface area contributed by atoms with Crippen LogP contribution in [-0.4, -0.2) is 4.98 Å². The molecule has 0 aliphatic rings. The standard InChI is InChI=1S/C16H10BrN3O/c17-11-5-3-10(4-6-11)12-8-14(15-2-1-7-21-15)20-16(19)13(12)9-18/h1-8H,(H2,19,20). The van der Waals surface area contributed by atoms with Crippen LogP contribution in [0.3, 0.4) is 0 Å². The van der Waals surface area contributed by atoms with Crippen LogP contribution >= 0.6 is 15.9 Å². The molecule has 2 N–H and O–H groups in total. The van der Waals surface area contributed by atoms with Crippen molar-refractivity contribution in [1.82, 2.24) is 4.98 Å². The van der Waals surface area contributed by atoms with E-state index in [1.807, 2.05) is 30.3 Å². The molecule has 0 radical (unpaired) electrons. The number of rotatable bonds is 2. The molecule has 4 nitrogen and oxygen atoms in total. The zero-order valence-corrected chi connectivity index (χ0v) is 12.5. The highest BCUT2D eigenvalue weighted by atomic mass is 79.9. The number of nitriles is 1. The van der Waals surface area contributed by atoms with Crippen molar-refractivity contribution in [2.45, 2.75) is 0 Å². The molecule has 0 saturated heterocycles. The predicted molar refractivity (Wildman–Crippen MR) is 84.2 cm³/mol. The second-order valence-corrected chi connectivity index (χ2v) is 5.33. The fourth-order valence-corrected chi connectivity index (χ4v) is 2.35. The Hall–Kier alpha value is -2.58. The average molecular weight is 340 g/mol. The SMILES string of the molecule is N#Cc1c(-c2ccc(Br)cc2)cc(-c2ccco2)nc1N. The van der Waals surface area contributed by atoms with Crippen LogP contribution in [0.5, 0.6) is 0 Å². The number of aromatic nitrogens is 1. The van der Waals surface area contributed by atoms with Gasteiger partial charge in [0.25, 0.3) is 0 Å². The minimum atomic E-state index is 0.198. The third-order valence-corrected chi connectivity index (χ3v) is 3.62. The number of anilines is 1. The summed E-state index contributed by atoms with van der Waals surface area (Å²) in [6.45, 7) is 0. The van der Waals surface area contributed by atoms with Gasteiger partial charge in [0.05, 0.1) is 6.26 Å². The van der Waals surface area contributed by atoms with Gasteiger partial charge in [0.15, 0.2) is 5.76 Å². The second-order valence-electron chi connectivity index (χ2n) is 4.41. The summed E-state index contributed by atoms with van der Waals surface area (Å²) in [5.74, 6) is 0.814. The van der Waals surface area contributed by atoms with Crippen molar-refractivity contribution in [3.05, 3.63) is 58.8 Å². The van der Waals surface area contributed by atoms with E-state index in [1.54, 1.807) is 18.4 Å². The number of pyridine rings is 1. The van der Waals surface area contributed by atoms with E-state index in [0.29, 0.717) is 17.0 Å². The lowest BCUT2D eigenvalue weighted by Gasteiger charge is -2.09. The summed E-state index contributed by atoms with van der Waals surface area (Å²) in [5, 5.41) is 9.33. The molecule has 0 saturated carbocycles. The molecule has 0 bridgehead atoms. The summed E-state index contributed by atoms with van der Waals surface area (Å²) in [7, 11) is 0. The van der Waals surface area contributed by atoms with Crippen LogP contribution in [0.1, 0.15) is 5.56 Å². The number of nitrogen functional groups attached to an aromatic ring is 1. The van der Waals surface area contributed by atoms with Crippen molar-refractivity contribution in [2.24, 2.45) is 0 Å². The largest absolute Gasteiger partial charge is 0.463 e. The van der Waals surface area contributed by atoms with Crippen LogP contribution in [0.25, 0.3) is 22.6 Å².